The third-order valence-electron chi connectivity index (χ3n) is 1.71. The van der Waals surface area contributed by atoms with Crippen molar-refractivity contribution in [3.8, 4) is 0 Å². The molecule has 0 bridgehead atoms. The van der Waals surface area contributed by atoms with E-state index in [9.17, 15) is 9.59 Å². The molecule has 16 heavy (non-hydrogen) atoms. The Morgan fingerprint density at radius 2 is 2.31 bits per heavy atom. The number of aliphatic carboxylic acids is 1. The molecule has 0 aromatic carbocycles. The molecular weight excluding hydrogens is 230 g/mol. The van der Waals surface area contributed by atoms with Crippen LogP contribution in [-0.4, -0.2) is 34.9 Å². The summed E-state index contributed by atoms with van der Waals surface area (Å²) in [5.41, 5.74) is 0.225. The van der Waals surface area contributed by atoms with Gasteiger partial charge in [-0.05, 0) is 12.1 Å². The smallest absolute Gasteiger partial charge is 0.356 e. The molecule has 0 aliphatic rings. The number of carboxylic acids is 1. The zero-order valence-corrected chi connectivity index (χ0v) is 9.49. The van der Waals surface area contributed by atoms with E-state index in [1.165, 1.54) is 25.1 Å². The zero-order valence-electron chi connectivity index (χ0n) is 8.67. The van der Waals surface area contributed by atoms with Gasteiger partial charge in [0.15, 0.2) is 0 Å². The molecule has 0 unspecified atom stereocenters. The van der Waals surface area contributed by atoms with Gasteiger partial charge in [0.25, 0.3) is 0 Å². The summed E-state index contributed by atoms with van der Waals surface area (Å²) in [4.78, 5) is 26.1. The van der Waals surface area contributed by atoms with Gasteiger partial charge in [-0.15, -0.1) is 11.8 Å². The maximum atomic E-state index is 11.2. The number of nitrogens with zero attached hydrogens (tertiary/aromatic N) is 1. The van der Waals surface area contributed by atoms with Crippen molar-refractivity contribution in [2.45, 2.75) is 11.3 Å². The lowest BCUT2D eigenvalue weighted by Crippen LogP contribution is -2.03. The number of hydrogen-bond acceptors (Lipinski definition) is 5. The number of thioether (sulfide) groups is 1. The highest BCUT2D eigenvalue weighted by atomic mass is 32.2. The Balaban J connectivity index is 2.60. The van der Waals surface area contributed by atoms with Crippen LogP contribution in [0.15, 0.2) is 23.2 Å². The molecule has 0 aliphatic carbocycles. The number of aromatic nitrogens is 1. The molecule has 1 aromatic rings. The average Bonchev–Trinajstić information content (AvgIpc) is 2.28. The lowest BCUT2D eigenvalue weighted by molar-refractivity contribution is -0.136. The van der Waals surface area contributed by atoms with Crippen molar-refractivity contribution in [1.29, 1.82) is 0 Å². The fraction of sp³-hybridized carbons (Fsp3) is 0.300. The minimum Gasteiger partial charge on any atom is -0.481 e. The quantitative estimate of drug-likeness (QED) is 0.621. The summed E-state index contributed by atoms with van der Waals surface area (Å²) in [5, 5.41) is 8.47. The lowest BCUT2D eigenvalue weighted by atomic mass is 10.3. The van der Waals surface area contributed by atoms with Crippen molar-refractivity contribution in [3.05, 3.63) is 24.0 Å². The molecule has 0 saturated heterocycles. The van der Waals surface area contributed by atoms with Crippen LogP contribution in [-0.2, 0) is 9.53 Å². The van der Waals surface area contributed by atoms with Crippen LogP contribution in [0.5, 0.6) is 0 Å². The predicted octanol–water partition coefficient (Wildman–Crippen LogP) is 1.43. The van der Waals surface area contributed by atoms with E-state index in [0.29, 0.717) is 5.75 Å². The number of rotatable bonds is 5. The standard InChI is InChI=1S/C10H11NO4S/c1-15-10(14)8-6-7(2-4-11-8)16-5-3-9(12)13/h2,4,6H,3,5H2,1H3,(H,12,13). The Hall–Kier alpha value is -1.56. The molecule has 1 rings (SSSR count). The van der Waals surface area contributed by atoms with Gasteiger partial charge in [-0.3, -0.25) is 4.79 Å². The molecule has 6 heteroatoms. The Morgan fingerprint density at radius 3 is 2.94 bits per heavy atom. The van der Waals surface area contributed by atoms with Crippen molar-refractivity contribution in [2.24, 2.45) is 0 Å². The molecule has 5 nitrogen and oxygen atoms in total. The molecule has 0 amide bonds. The second kappa shape index (κ2) is 6.12. The largest absolute Gasteiger partial charge is 0.481 e. The monoisotopic (exact) mass is 241 g/mol. The van der Waals surface area contributed by atoms with Crippen molar-refractivity contribution >= 4 is 23.7 Å². The molecule has 1 aromatic heterocycles. The normalized spacial score (nSPS) is 9.81. The van der Waals surface area contributed by atoms with Gasteiger partial charge >= 0.3 is 11.9 Å². The van der Waals surface area contributed by atoms with E-state index < -0.39 is 11.9 Å². The molecule has 0 saturated carbocycles. The Morgan fingerprint density at radius 1 is 1.56 bits per heavy atom. The second-order valence-corrected chi connectivity index (χ2v) is 4.03. The number of hydrogen-bond donors (Lipinski definition) is 1. The third-order valence-corrected chi connectivity index (χ3v) is 2.71. The molecule has 0 aliphatic heterocycles. The van der Waals surface area contributed by atoms with Gasteiger partial charge in [-0.2, -0.15) is 0 Å². The number of carbonyl (C=O) groups excluding carboxylic acids is 1. The minimum atomic E-state index is -0.838. The maximum Gasteiger partial charge on any atom is 0.356 e. The van der Waals surface area contributed by atoms with Gasteiger partial charge in [0.1, 0.15) is 5.69 Å². The lowest BCUT2D eigenvalue weighted by Gasteiger charge is -2.02. The van der Waals surface area contributed by atoms with E-state index in [-0.39, 0.29) is 12.1 Å². The van der Waals surface area contributed by atoms with E-state index in [0.717, 1.165) is 4.90 Å². The van der Waals surface area contributed by atoms with Crippen molar-refractivity contribution in [3.63, 3.8) is 0 Å². The molecule has 86 valence electrons. The number of carbonyl (C=O) groups is 2. The van der Waals surface area contributed by atoms with Crippen LogP contribution in [0.3, 0.4) is 0 Å². The fourth-order valence-corrected chi connectivity index (χ4v) is 1.84. The molecule has 0 fully saturated rings. The molecule has 0 spiro atoms. The third kappa shape index (κ3) is 3.90. The van der Waals surface area contributed by atoms with Crippen LogP contribution >= 0.6 is 11.8 Å². The van der Waals surface area contributed by atoms with Crippen molar-refractivity contribution in [2.75, 3.05) is 12.9 Å². The Kier molecular flexibility index (Phi) is 4.78. The molecule has 0 radical (unpaired) electrons. The summed E-state index contributed by atoms with van der Waals surface area (Å²) < 4.78 is 4.53. The number of ether oxygens (including phenoxy) is 1. The summed E-state index contributed by atoms with van der Waals surface area (Å²) in [6, 6.07) is 3.30. The van der Waals surface area contributed by atoms with Gasteiger partial charge in [0.2, 0.25) is 0 Å². The maximum absolute atomic E-state index is 11.2. The van der Waals surface area contributed by atoms with Crippen LogP contribution in [0.2, 0.25) is 0 Å². The molecular formula is C10H11NO4S. The van der Waals surface area contributed by atoms with E-state index in [1.54, 1.807) is 12.1 Å². The van der Waals surface area contributed by atoms with Gasteiger partial charge < -0.3 is 9.84 Å². The topological polar surface area (TPSA) is 76.5 Å². The van der Waals surface area contributed by atoms with E-state index >= 15 is 0 Å². The summed E-state index contributed by atoms with van der Waals surface area (Å²) in [7, 11) is 1.29. The zero-order chi connectivity index (χ0) is 12.0. The highest BCUT2D eigenvalue weighted by molar-refractivity contribution is 7.99. The van der Waals surface area contributed by atoms with Gasteiger partial charge in [0.05, 0.1) is 13.5 Å². The highest BCUT2D eigenvalue weighted by Crippen LogP contribution is 2.18. The van der Waals surface area contributed by atoms with Crippen LogP contribution < -0.4 is 0 Å². The second-order valence-electron chi connectivity index (χ2n) is 2.86. The minimum absolute atomic E-state index is 0.0839. The van der Waals surface area contributed by atoms with Crippen molar-refractivity contribution < 1.29 is 19.4 Å². The van der Waals surface area contributed by atoms with Crippen LogP contribution in [0, 0.1) is 0 Å². The van der Waals surface area contributed by atoms with Gasteiger partial charge in [0, 0.05) is 16.8 Å². The van der Waals surface area contributed by atoms with Crippen molar-refractivity contribution in [1.82, 2.24) is 4.98 Å². The van der Waals surface area contributed by atoms with E-state index in [2.05, 4.69) is 9.72 Å². The number of carboxylic acid groups (broad SMARTS) is 1. The first kappa shape index (κ1) is 12.5. The Labute approximate surface area is 96.8 Å². The number of esters is 1. The SMILES string of the molecule is COC(=O)c1cc(SCCC(=O)O)ccn1. The number of methoxy groups -OCH3 is 1. The van der Waals surface area contributed by atoms with E-state index in [4.69, 9.17) is 5.11 Å². The first-order valence-corrected chi connectivity index (χ1v) is 5.51. The average molecular weight is 241 g/mol. The van der Waals surface area contributed by atoms with Gasteiger partial charge in [-0.1, -0.05) is 0 Å². The fourth-order valence-electron chi connectivity index (χ4n) is 0.973. The Bertz CT molecular complexity index is 394. The summed E-state index contributed by atoms with van der Waals surface area (Å²) in [6.45, 7) is 0. The molecule has 1 N–H and O–H groups in total. The predicted molar refractivity (Wildman–Crippen MR) is 58.6 cm³/mol. The first-order valence-electron chi connectivity index (χ1n) is 4.52. The van der Waals surface area contributed by atoms with Crippen LogP contribution in [0.25, 0.3) is 0 Å². The summed E-state index contributed by atoms with van der Waals surface area (Å²) >= 11 is 1.36. The number of pyridine rings is 1. The summed E-state index contributed by atoms with van der Waals surface area (Å²) in [5.74, 6) is -0.879. The molecule has 1 heterocycles. The van der Waals surface area contributed by atoms with Gasteiger partial charge in [-0.25, -0.2) is 9.78 Å². The van der Waals surface area contributed by atoms with Crippen LogP contribution in [0.4, 0.5) is 0 Å². The highest BCUT2D eigenvalue weighted by Gasteiger charge is 2.07. The summed E-state index contributed by atoms with van der Waals surface area (Å²) in [6.07, 6.45) is 1.58. The van der Waals surface area contributed by atoms with Crippen LogP contribution in [0.1, 0.15) is 16.9 Å². The van der Waals surface area contributed by atoms with E-state index in [1.807, 2.05) is 0 Å². The molecule has 0 atom stereocenters. The first-order chi connectivity index (χ1) is 7.63.